The van der Waals surface area contributed by atoms with E-state index in [0.29, 0.717) is 23.8 Å². The van der Waals surface area contributed by atoms with Crippen LogP contribution in [0.3, 0.4) is 0 Å². The zero-order valence-electron chi connectivity index (χ0n) is 24.5. The molecule has 0 aromatic heterocycles. The summed E-state index contributed by atoms with van der Waals surface area (Å²) >= 11 is 0. The lowest BCUT2D eigenvalue weighted by Crippen LogP contribution is -2.40. The van der Waals surface area contributed by atoms with Gasteiger partial charge in [0.05, 0.1) is 0 Å². The number of carbonyl (C=O) groups excluding carboxylic acids is 1. The molecule has 228 valence electrons. The lowest BCUT2D eigenvalue weighted by Gasteiger charge is -2.30. The third-order valence-corrected chi connectivity index (χ3v) is 7.90. The highest BCUT2D eigenvalue weighted by Gasteiger charge is 2.21. The molecule has 2 aliphatic rings. The van der Waals surface area contributed by atoms with Gasteiger partial charge in [-0.2, -0.15) is 0 Å². The van der Waals surface area contributed by atoms with E-state index in [4.69, 9.17) is 23.5 Å². The molecule has 0 radical (unpaired) electrons. The first-order chi connectivity index (χ1) is 20.9. The van der Waals surface area contributed by atoms with Crippen molar-refractivity contribution < 1.29 is 38.1 Å². The number of rotatable bonds is 12. The fourth-order valence-corrected chi connectivity index (χ4v) is 5.91. The number of hydrogen-bond acceptors (Lipinski definition) is 9. The van der Waals surface area contributed by atoms with Crippen LogP contribution in [0.5, 0.6) is 23.0 Å². The second kappa shape index (κ2) is 14.7. The third-order valence-electron chi connectivity index (χ3n) is 7.53. The Labute approximate surface area is 253 Å². The van der Waals surface area contributed by atoms with Crippen molar-refractivity contribution in [1.29, 1.82) is 0 Å². The maximum Gasteiger partial charge on any atom is 0.391 e. The Hall–Kier alpha value is -3.62. The number of likely N-dealkylation sites (tertiary alicyclic amines) is 1. The van der Waals surface area contributed by atoms with Crippen LogP contribution in [-0.2, 0) is 9.53 Å². The van der Waals surface area contributed by atoms with Gasteiger partial charge in [0.15, 0.2) is 11.5 Å². The van der Waals surface area contributed by atoms with Crippen LogP contribution in [0.4, 0.5) is 0 Å². The van der Waals surface area contributed by atoms with Crippen LogP contribution in [0.15, 0.2) is 66.7 Å². The molecule has 0 bridgehead atoms. The van der Waals surface area contributed by atoms with Crippen LogP contribution in [-0.4, -0.2) is 59.8 Å². The standard InChI is InChI=1S/C33H38NO8P/c1-3-30(26-11-16-31-32(19-26)40-22-39-31)33(25-9-14-28(15-10-25)42-43(36)37)24-7-12-27(13-8-24)38-21-29(41-23(2)35)20-34-17-5-4-6-18-34/h7-16,19,29,36-37H,3-6,17-18,20-22H2,1-2H3. The summed E-state index contributed by atoms with van der Waals surface area (Å²) in [6.07, 6.45) is 3.97. The first-order valence-corrected chi connectivity index (χ1v) is 15.8. The van der Waals surface area contributed by atoms with Crippen molar-refractivity contribution in [2.24, 2.45) is 0 Å². The van der Waals surface area contributed by atoms with Gasteiger partial charge in [-0.3, -0.25) is 9.69 Å². The van der Waals surface area contributed by atoms with E-state index in [1.54, 1.807) is 12.1 Å². The van der Waals surface area contributed by atoms with Gasteiger partial charge in [-0.1, -0.05) is 43.7 Å². The predicted molar refractivity (Wildman–Crippen MR) is 165 cm³/mol. The van der Waals surface area contributed by atoms with Crippen molar-refractivity contribution in [3.8, 4) is 23.0 Å². The van der Waals surface area contributed by atoms with Gasteiger partial charge >= 0.3 is 14.6 Å². The Bertz CT molecular complexity index is 1400. The van der Waals surface area contributed by atoms with E-state index >= 15 is 0 Å². The molecule has 3 aromatic rings. The maximum atomic E-state index is 11.8. The number of nitrogens with zero attached hydrogens (tertiary/aromatic N) is 1. The Kier molecular flexibility index (Phi) is 10.5. The summed E-state index contributed by atoms with van der Waals surface area (Å²) in [6, 6.07) is 21.1. The smallest absolute Gasteiger partial charge is 0.391 e. The van der Waals surface area contributed by atoms with Gasteiger partial charge in [0.2, 0.25) is 6.79 Å². The highest BCUT2D eigenvalue weighted by atomic mass is 31.2. The number of hydrogen-bond donors (Lipinski definition) is 2. The molecule has 9 nitrogen and oxygen atoms in total. The fourth-order valence-electron chi connectivity index (χ4n) is 5.60. The molecular weight excluding hydrogens is 569 g/mol. The Morgan fingerprint density at radius 1 is 0.884 bits per heavy atom. The Morgan fingerprint density at radius 2 is 1.51 bits per heavy atom. The van der Waals surface area contributed by atoms with Gasteiger partial charge in [0.1, 0.15) is 24.2 Å². The highest BCUT2D eigenvalue weighted by molar-refractivity contribution is 7.39. The van der Waals surface area contributed by atoms with Crippen molar-refractivity contribution in [2.45, 2.75) is 45.6 Å². The normalized spacial score (nSPS) is 16.0. The summed E-state index contributed by atoms with van der Waals surface area (Å²) in [5, 5.41) is 0. The fraction of sp³-hybridized carbons (Fsp3) is 0.364. The van der Waals surface area contributed by atoms with Crippen LogP contribution >= 0.6 is 8.60 Å². The second-order valence-electron chi connectivity index (χ2n) is 10.6. The van der Waals surface area contributed by atoms with E-state index in [2.05, 4.69) is 11.8 Å². The molecule has 1 fully saturated rings. The minimum atomic E-state index is -2.50. The van der Waals surface area contributed by atoms with Crippen LogP contribution in [0.25, 0.3) is 11.1 Å². The van der Waals surface area contributed by atoms with Crippen LogP contribution in [0.2, 0.25) is 0 Å². The zero-order chi connectivity index (χ0) is 30.2. The molecule has 1 atom stereocenters. The minimum Gasteiger partial charge on any atom is -0.490 e. The van der Waals surface area contributed by atoms with Crippen molar-refractivity contribution >= 4 is 25.7 Å². The number of ether oxygens (including phenoxy) is 4. The number of fused-ring (bicyclic) bond motifs is 1. The summed E-state index contributed by atoms with van der Waals surface area (Å²) in [6.45, 7) is 6.70. The second-order valence-corrected chi connectivity index (χ2v) is 11.3. The molecule has 43 heavy (non-hydrogen) atoms. The molecule has 0 saturated carbocycles. The van der Waals surface area contributed by atoms with Crippen molar-refractivity contribution in [3.63, 3.8) is 0 Å². The average molecular weight is 608 g/mol. The number of esters is 1. The molecule has 2 heterocycles. The van der Waals surface area contributed by atoms with Gasteiger partial charge < -0.3 is 33.3 Å². The summed E-state index contributed by atoms with van der Waals surface area (Å²) in [5.74, 6) is 2.18. The van der Waals surface area contributed by atoms with Crippen molar-refractivity contribution in [3.05, 3.63) is 83.4 Å². The summed E-state index contributed by atoms with van der Waals surface area (Å²) in [4.78, 5) is 32.6. The van der Waals surface area contributed by atoms with E-state index in [9.17, 15) is 14.6 Å². The molecule has 10 heteroatoms. The molecule has 5 rings (SSSR count). The van der Waals surface area contributed by atoms with Crippen LogP contribution in [0, 0.1) is 0 Å². The molecule has 1 saturated heterocycles. The third kappa shape index (κ3) is 8.27. The first kappa shape index (κ1) is 30.8. The molecule has 0 spiro atoms. The Morgan fingerprint density at radius 3 is 2.14 bits per heavy atom. The largest absolute Gasteiger partial charge is 0.490 e. The Balaban J connectivity index is 1.41. The summed E-state index contributed by atoms with van der Waals surface area (Å²) in [5.41, 5.74) is 5.04. The monoisotopic (exact) mass is 607 g/mol. The minimum absolute atomic E-state index is 0.203. The average Bonchev–Trinajstić information content (AvgIpc) is 3.48. The van der Waals surface area contributed by atoms with Crippen molar-refractivity contribution in [1.82, 2.24) is 4.90 Å². The van der Waals surface area contributed by atoms with Crippen LogP contribution < -0.4 is 18.7 Å². The zero-order valence-corrected chi connectivity index (χ0v) is 25.4. The molecule has 2 N–H and O–H groups in total. The molecule has 1 unspecified atom stereocenters. The van der Waals surface area contributed by atoms with E-state index in [1.165, 1.54) is 13.3 Å². The first-order valence-electron chi connectivity index (χ1n) is 14.6. The number of carbonyl (C=O) groups is 1. The predicted octanol–water partition coefficient (Wildman–Crippen LogP) is 6.17. The molecule has 2 aliphatic heterocycles. The molecule has 3 aromatic carbocycles. The molecular formula is C33H38NO8P. The van der Waals surface area contributed by atoms with Gasteiger partial charge in [-0.15, -0.1) is 0 Å². The van der Waals surface area contributed by atoms with E-state index in [-0.39, 0.29) is 25.5 Å². The topological polar surface area (TPSA) is 107 Å². The SMILES string of the molecule is CCC(=C(c1ccc(OCC(CN2CCCCC2)OC(C)=O)cc1)c1ccc(OP(O)O)cc1)c1ccc2c(c1)OCO2. The highest BCUT2D eigenvalue weighted by Crippen LogP contribution is 2.40. The number of allylic oxidation sites excluding steroid dienone is 1. The lowest BCUT2D eigenvalue weighted by molar-refractivity contribution is -0.149. The van der Waals surface area contributed by atoms with Gasteiger partial charge in [0.25, 0.3) is 0 Å². The number of piperidine rings is 1. The van der Waals surface area contributed by atoms with Crippen molar-refractivity contribution in [2.75, 3.05) is 33.0 Å². The van der Waals surface area contributed by atoms with E-state index in [0.717, 1.165) is 65.9 Å². The van der Waals surface area contributed by atoms with Gasteiger partial charge in [-0.25, -0.2) is 0 Å². The van der Waals surface area contributed by atoms with E-state index < -0.39 is 8.60 Å². The maximum absolute atomic E-state index is 11.8. The molecule has 0 aliphatic carbocycles. The summed E-state index contributed by atoms with van der Waals surface area (Å²) in [7, 11) is -2.50. The summed E-state index contributed by atoms with van der Waals surface area (Å²) < 4.78 is 28.0. The lowest BCUT2D eigenvalue weighted by atomic mass is 9.88. The number of benzene rings is 3. The molecule has 0 amide bonds. The quantitative estimate of drug-likeness (QED) is 0.142. The van der Waals surface area contributed by atoms with E-state index in [1.807, 2.05) is 54.6 Å². The van der Waals surface area contributed by atoms with Gasteiger partial charge in [0, 0.05) is 13.5 Å². The van der Waals surface area contributed by atoms with Gasteiger partial charge in [-0.05, 0) is 96.6 Å². The van der Waals surface area contributed by atoms with Crippen LogP contribution in [0.1, 0.15) is 56.2 Å².